The Bertz CT molecular complexity index is 420. The van der Waals surface area contributed by atoms with E-state index < -0.39 is 5.97 Å². The fourth-order valence-corrected chi connectivity index (χ4v) is 2.79. The molecule has 18 heavy (non-hydrogen) atoms. The van der Waals surface area contributed by atoms with Gasteiger partial charge in [0.1, 0.15) is 11.3 Å². The summed E-state index contributed by atoms with van der Waals surface area (Å²) >= 11 is 0. The van der Waals surface area contributed by atoms with Crippen LogP contribution in [0.5, 0.6) is 0 Å². The highest BCUT2D eigenvalue weighted by atomic mass is 16.4. The number of nitrogens with one attached hydrogen (secondary N) is 1. The third-order valence-electron chi connectivity index (χ3n) is 4.10. The molecule has 0 saturated heterocycles. The molecule has 0 atom stereocenters. The number of furan rings is 1. The van der Waals surface area contributed by atoms with Gasteiger partial charge in [0.2, 0.25) is 0 Å². The van der Waals surface area contributed by atoms with E-state index in [9.17, 15) is 4.79 Å². The molecule has 0 unspecified atom stereocenters. The summed E-state index contributed by atoms with van der Waals surface area (Å²) < 4.78 is 5.22. The zero-order valence-electron chi connectivity index (χ0n) is 10.4. The van der Waals surface area contributed by atoms with E-state index in [2.05, 4.69) is 5.32 Å². The second kappa shape index (κ2) is 4.76. The van der Waals surface area contributed by atoms with Crippen LogP contribution < -0.4 is 5.32 Å². The van der Waals surface area contributed by atoms with Crippen LogP contribution >= 0.6 is 0 Å². The summed E-state index contributed by atoms with van der Waals surface area (Å²) in [5, 5.41) is 12.3. The summed E-state index contributed by atoms with van der Waals surface area (Å²) in [6.45, 7) is 1.51. The highest BCUT2D eigenvalue weighted by Gasteiger charge is 2.40. The van der Waals surface area contributed by atoms with Crippen LogP contribution in [0.3, 0.4) is 0 Å². The minimum Gasteiger partial charge on any atom is -0.478 e. The SMILES string of the molecule is O=C(O)c1ccoc1CNCC(C1CC1)C1CC1. The van der Waals surface area contributed by atoms with Gasteiger partial charge in [-0.15, -0.1) is 0 Å². The lowest BCUT2D eigenvalue weighted by atomic mass is 9.98. The lowest BCUT2D eigenvalue weighted by molar-refractivity contribution is 0.0694. The summed E-state index contributed by atoms with van der Waals surface area (Å²) in [4.78, 5) is 10.9. The monoisotopic (exact) mass is 249 g/mol. The van der Waals surface area contributed by atoms with Crippen LogP contribution in [0.2, 0.25) is 0 Å². The molecule has 1 heterocycles. The first-order chi connectivity index (χ1) is 8.75. The highest BCUT2D eigenvalue weighted by molar-refractivity contribution is 5.88. The maximum atomic E-state index is 10.9. The summed E-state index contributed by atoms with van der Waals surface area (Å²) in [7, 11) is 0. The van der Waals surface area contributed by atoms with Crippen LogP contribution in [0.1, 0.15) is 41.8 Å². The van der Waals surface area contributed by atoms with Gasteiger partial charge in [0.05, 0.1) is 12.8 Å². The molecule has 1 aromatic rings. The molecule has 0 bridgehead atoms. The fourth-order valence-electron chi connectivity index (χ4n) is 2.79. The van der Waals surface area contributed by atoms with Crippen molar-refractivity contribution < 1.29 is 14.3 Å². The number of carboxylic acid groups (broad SMARTS) is 1. The third kappa shape index (κ3) is 2.58. The van der Waals surface area contributed by atoms with Gasteiger partial charge in [-0.3, -0.25) is 0 Å². The summed E-state index contributed by atoms with van der Waals surface area (Å²) in [5.74, 6) is 2.25. The third-order valence-corrected chi connectivity index (χ3v) is 4.10. The first-order valence-electron chi connectivity index (χ1n) is 6.76. The smallest absolute Gasteiger partial charge is 0.339 e. The Morgan fingerprint density at radius 1 is 1.39 bits per heavy atom. The van der Waals surface area contributed by atoms with Crippen LogP contribution in [0, 0.1) is 17.8 Å². The summed E-state index contributed by atoms with van der Waals surface area (Å²) in [6, 6.07) is 1.51. The average Bonchev–Trinajstić information content (AvgIpc) is 3.24. The van der Waals surface area contributed by atoms with Crippen LogP contribution in [-0.2, 0) is 6.54 Å². The van der Waals surface area contributed by atoms with Crippen molar-refractivity contribution in [3.63, 3.8) is 0 Å². The van der Waals surface area contributed by atoms with Crippen molar-refractivity contribution in [2.45, 2.75) is 32.2 Å². The number of rotatable bonds is 7. The quantitative estimate of drug-likeness (QED) is 0.779. The largest absolute Gasteiger partial charge is 0.478 e. The van der Waals surface area contributed by atoms with Crippen molar-refractivity contribution in [2.24, 2.45) is 17.8 Å². The molecule has 2 N–H and O–H groups in total. The van der Waals surface area contributed by atoms with Crippen LogP contribution in [-0.4, -0.2) is 17.6 Å². The molecule has 2 aliphatic carbocycles. The predicted molar refractivity (Wildman–Crippen MR) is 66.3 cm³/mol. The van der Waals surface area contributed by atoms with Crippen molar-refractivity contribution in [3.8, 4) is 0 Å². The Labute approximate surface area is 106 Å². The molecule has 2 fully saturated rings. The number of hydrogen-bond acceptors (Lipinski definition) is 3. The second-order valence-corrected chi connectivity index (χ2v) is 5.53. The molecular weight excluding hydrogens is 230 g/mol. The van der Waals surface area contributed by atoms with Crippen molar-refractivity contribution >= 4 is 5.97 Å². The van der Waals surface area contributed by atoms with E-state index in [1.165, 1.54) is 38.0 Å². The standard InChI is InChI=1S/C14H19NO3/c16-14(17)11-5-6-18-13(11)8-15-7-12(9-1-2-9)10-3-4-10/h5-6,9-10,12,15H,1-4,7-8H2,(H,16,17). The van der Waals surface area contributed by atoms with E-state index in [1.54, 1.807) is 0 Å². The van der Waals surface area contributed by atoms with Crippen LogP contribution in [0.15, 0.2) is 16.7 Å². The Morgan fingerprint density at radius 2 is 2.06 bits per heavy atom. The van der Waals surface area contributed by atoms with Gasteiger partial charge in [-0.1, -0.05) is 0 Å². The number of carbonyl (C=O) groups is 1. The first kappa shape index (κ1) is 11.8. The minimum absolute atomic E-state index is 0.275. The fraction of sp³-hybridized carbons (Fsp3) is 0.643. The van der Waals surface area contributed by atoms with Gasteiger partial charge >= 0.3 is 5.97 Å². The van der Waals surface area contributed by atoms with Gasteiger partial charge in [0.25, 0.3) is 0 Å². The average molecular weight is 249 g/mol. The molecule has 4 heteroatoms. The van der Waals surface area contributed by atoms with Crippen molar-refractivity contribution in [1.29, 1.82) is 0 Å². The Hall–Kier alpha value is -1.29. The topological polar surface area (TPSA) is 62.5 Å². The molecule has 1 aromatic heterocycles. The molecule has 2 saturated carbocycles. The van der Waals surface area contributed by atoms with Crippen molar-refractivity contribution in [3.05, 3.63) is 23.7 Å². The van der Waals surface area contributed by atoms with Crippen molar-refractivity contribution in [1.82, 2.24) is 5.32 Å². The molecule has 2 aliphatic rings. The van der Waals surface area contributed by atoms with Crippen LogP contribution in [0.4, 0.5) is 0 Å². The maximum Gasteiger partial charge on any atom is 0.339 e. The molecule has 0 aliphatic heterocycles. The van der Waals surface area contributed by atoms with Gasteiger partial charge in [0, 0.05) is 0 Å². The van der Waals surface area contributed by atoms with Gasteiger partial charge in [-0.05, 0) is 56.0 Å². The Balaban J connectivity index is 1.51. The molecule has 98 valence electrons. The Morgan fingerprint density at radius 3 is 2.61 bits per heavy atom. The Kier molecular flexibility index (Phi) is 3.12. The molecule has 0 spiro atoms. The van der Waals surface area contributed by atoms with E-state index in [0.717, 1.165) is 24.3 Å². The maximum absolute atomic E-state index is 10.9. The predicted octanol–water partition coefficient (Wildman–Crippen LogP) is 2.50. The molecule has 3 rings (SSSR count). The molecular formula is C14H19NO3. The lowest BCUT2D eigenvalue weighted by Gasteiger charge is -2.15. The van der Waals surface area contributed by atoms with E-state index in [4.69, 9.17) is 9.52 Å². The van der Waals surface area contributed by atoms with Gasteiger partial charge in [-0.2, -0.15) is 0 Å². The number of hydrogen-bond donors (Lipinski definition) is 2. The highest BCUT2D eigenvalue weighted by Crippen LogP contribution is 2.48. The lowest BCUT2D eigenvalue weighted by Crippen LogP contribution is -2.25. The molecule has 4 nitrogen and oxygen atoms in total. The van der Waals surface area contributed by atoms with Crippen LogP contribution in [0.25, 0.3) is 0 Å². The summed E-state index contributed by atoms with van der Waals surface area (Å²) in [5.41, 5.74) is 0.275. The minimum atomic E-state index is -0.915. The molecule has 0 amide bonds. The van der Waals surface area contributed by atoms with E-state index in [-0.39, 0.29) is 5.56 Å². The van der Waals surface area contributed by atoms with Gasteiger partial charge in [0.15, 0.2) is 0 Å². The number of aromatic carboxylic acids is 1. The summed E-state index contributed by atoms with van der Waals surface area (Å²) in [6.07, 6.45) is 6.96. The zero-order chi connectivity index (χ0) is 12.5. The van der Waals surface area contributed by atoms with Gasteiger partial charge in [-0.25, -0.2) is 4.79 Å². The number of carboxylic acids is 1. The molecule has 0 aromatic carbocycles. The van der Waals surface area contributed by atoms with Gasteiger partial charge < -0.3 is 14.8 Å². The zero-order valence-corrected chi connectivity index (χ0v) is 10.4. The molecule has 0 radical (unpaired) electrons. The van der Waals surface area contributed by atoms with E-state index in [1.807, 2.05) is 0 Å². The van der Waals surface area contributed by atoms with Crippen molar-refractivity contribution in [2.75, 3.05) is 6.54 Å². The normalized spacial score (nSPS) is 19.4. The van der Waals surface area contributed by atoms with E-state index >= 15 is 0 Å². The second-order valence-electron chi connectivity index (χ2n) is 5.53. The first-order valence-corrected chi connectivity index (χ1v) is 6.76. The van der Waals surface area contributed by atoms with E-state index in [0.29, 0.717) is 12.3 Å².